The van der Waals surface area contributed by atoms with Gasteiger partial charge in [0, 0.05) is 8.95 Å². The Bertz CT molecular complexity index is 987. The second-order valence-electron chi connectivity index (χ2n) is 5.48. The second-order valence-corrected chi connectivity index (χ2v) is 7.60. The van der Waals surface area contributed by atoms with Crippen molar-refractivity contribution >= 4 is 55.1 Å². The maximum Gasteiger partial charge on any atom is 0.278 e. The standard InChI is InChI=1S/C18H12Br2ClFN2O3/c1-9-11(8-26-15-5-3-2-4-14(15)21)16(24-27-9)18(25)23-17-12(19)6-10(22)7-13(17)20/h2-7H,8H2,1H3,(H,23,25). The normalized spacial score (nSPS) is 10.7. The largest absolute Gasteiger partial charge is 0.487 e. The van der Waals surface area contributed by atoms with Gasteiger partial charge in [0.1, 0.15) is 23.9 Å². The highest BCUT2D eigenvalue weighted by atomic mass is 79.9. The van der Waals surface area contributed by atoms with E-state index in [4.69, 9.17) is 20.9 Å². The number of aryl methyl sites for hydroxylation is 1. The van der Waals surface area contributed by atoms with Crippen LogP contribution in [0.3, 0.4) is 0 Å². The summed E-state index contributed by atoms with van der Waals surface area (Å²) in [7, 11) is 0. The van der Waals surface area contributed by atoms with Crippen molar-refractivity contribution in [3.05, 3.63) is 73.2 Å². The molecule has 0 unspecified atom stereocenters. The molecule has 3 aromatic rings. The van der Waals surface area contributed by atoms with E-state index >= 15 is 0 Å². The highest BCUT2D eigenvalue weighted by molar-refractivity contribution is 9.11. The summed E-state index contributed by atoms with van der Waals surface area (Å²) < 4.78 is 25.0. The van der Waals surface area contributed by atoms with Crippen LogP contribution in [0, 0.1) is 12.7 Å². The first-order valence-corrected chi connectivity index (χ1v) is 9.61. The monoisotopic (exact) mass is 516 g/mol. The number of nitrogens with zero attached hydrogens (tertiary/aromatic N) is 1. The number of nitrogens with one attached hydrogen (secondary N) is 1. The van der Waals surface area contributed by atoms with Crippen LogP contribution in [0.1, 0.15) is 21.8 Å². The first kappa shape index (κ1) is 19.9. The number of benzene rings is 2. The molecule has 0 atom stereocenters. The van der Waals surface area contributed by atoms with Gasteiger partial charge in [-0.25, -0.2) is 4.39 Å². The molecule has 0 bridgehead atoms. The van der Waals surface area contributed by atoms with E-state index < -0.39 is 11.7 Å². The van der Waals surface area contributed by atoms with Gasteiger partial charge in [-0.15, -0.1) is 0 Å². The molecule has 0 fully saturated rings. The van der Waals surface area contributed by atoms with Crippen LogP contribution in [0.5, 0.6) is 5.75 Å². The highest BCUT2D eigenvalue weighted by Gasteiger charge is 2.22. The first-order valence-electron chi connectivity index (χ1n) is 7.65. The SMILES string of the molecule is Cc1onc(C(=O)Nc2c(Br)cc(F)cc2Br)c1COc1ccccc1Cl. The van der Waals surface area contributed by atoms with Crippen LogP contribution in [0.25, 0.3) is 0 Å². The van der Waals surface area contributed by atoms with Crippen molar-refractivity contribution in [1.29, 1.82) is 0 Å². The van der Waals surface area contributed by atoms with Gasteiger partial charge in [-0.05, 0) is 63.0 Å². The number of hydrogen-bond donors (Lipinski definition) is 1. The van der Waals surface area contributed by atoms with Crippen molar-refractivity contribution in [3.63, 3.8) is 0 Å². The molecule has 9 heteroatoms. The summed E-state index contributed by atoms with van der Waals surface area (Å²) in [4.78, 5) is 12.7. The third kappa shape index (κ3) is 4.51. The van der Waals surface area contributed by atoms with Crippen molar-refractivity contribution in [2.24, 2.45) is 0 Å². The fourth-order valence-corrected chi connectivity index (χ4v) is 3.80. The minimum Gasteiger partial charge on any atom is -0.487 e. The van der Waals surface area contributed by atoms with Crippen LogP contribution in [-0.2, 0) is 6.61 Å². The van der Waals surface area contributed by atoms with Gasteiger partial charge in [0.2, 0.25) is 0 Å². The van der Waals surface area contributed by atoms with Gasteiger partial charge in [0.05, 0.1) is 16.3 Å². The summed E-state index contributed by atoms with van der Waals surface area (Å²) in [5.74, 6) is -0.0323. The fraction of sp³-hybridized carbons (Fsp3) is 0.111. The second kappa shape index (κ2) is 8.41. The molecule has 27 heavy (non-hydrogen) atoms. The molecule has 5 nitrogen and oxygen atoms in total. The molecule has 0 aliphatic carbocycles. The molecule has 0 saturated heterocycles. The maximum atomic E-state index is 13.4. The van der Waals surface area contributed by atoms with E-state index in [1.807, 2.05) is 0 Å². The predicted octanol–water partition coefficient (Wildman–Crippen LogP) is 6.13. The molecule has 1 N–H and O–H groups in total. The van der Waals surface area contributed by atoms with Crippen LogP contribution >= 0.6 is 43.5 Å². The fourth-order valence-electron chi connectivity index (χ4n) is 2.29. The lowest BCUT2D eigenvalue weighted by atomic mass is 10.2. The van der Waals surface area contributed by atoms with E-state index in [1.165, 1.54) is 12.1 Å². The Balaban J connectivity index is 1.82. The van der Waals surface area contributed by atoms with Crippen LogP contribution in [-0.4, -0.2) is 11.1 Å². The van der Waals surface area contributed by atoms with E-state index in [2.05, 4.69) is 42.3 Å². The zero-order valence-corrected chi connectivity index (χ0v) is 17.8. The average molecular weight is 519 g/mol. The smallest absolute Gasteiger partial charge is 0.278 e. The summed E-state index contributed by atoms with van der Waals surface area (Å²) in [5, 5.41) is 6.96. The molecule has 1 aromatic heterocycles. The van der Waals surface area contributed by atoms with Gasteiger partial charge < -0.3 is 14.6 Å². The third-order valence-corrected chi connectivity index (χ3v) is 5.22. The Morgan fingerprint density at radius 3 is 2.63 bits per heavy atom. The Morgan fingerprint density at radius 1 is 1.30 bits per heavy atom. The van der Waals surface area contributed by atoms with E-state index in [9.17, 15) is 9.18 Å². The van der Waals surface area contributed by atoms with E-state index in [-0.39, 0.29) is 12.3 Å². The van der Waals surface area contributed by atoms with Gasteiger partial charge in [-0.2, -0.15) is 0 Å². The van der Waals surface area contributed by atoms with Crippen molar-refractivity contribution in [2.45, 2.75) is 13.5 Å². The Hall–Kier alpha value is -1.90. The van der Waals surface area contributed by atoms with Crippen LogP contribution in [0.4, 0.5) is 10.1 Å². The number of amides is 1. The van der Waals surface area contributed by atoms with Crippen LogP contribution in [0.15, 0.2) is 49.9 Å². The lowest BCUT2D eigenvalue weighted by molar-refractivity contribution is 0.101. The molecule has 3 rings (SSSR count). The number of carbonyl (C=O) groups is 1. The first-order chi connectivity index (χ1) is 12.9. The molecule has 0 saturated carbocycles. The number of anilines is 1. The highest BCUT2D eigenvalue weighted by Crippen LogP contribution is 2.33. The third-order valence-electron chi connectivity index (χ3n) is 3.65. The molecule has 2 aromatic carbocycles. The van der Waals surface area contributed by atoms with E-state index in [0.29, 0.717) is 36.7 Å². The van der Waals surface area contributed by atoms with Gasteiger partial charge >= 0.3 is 0 Å². The number of carbonyl (C=O) groups excluding carboxylic acids is 1. The maximum absolute atomic E-state index is 13.4. The van der Waals surface area contributed by atoms with Crippen LogP contribution < -0.4 is 10.1 Å². The lowest BCUT2D eigenvalue weighted by Crippen LogP contribution is -2.16. The molecular weight excluding hydrogens is 506 g/mol. The zero-order chi connectivity index (χ0) is 19.6. The number of aromatic nitrogens is 1. The van der Waals surface area contributed by atoms with Crippen LogP contribution in [0.2, 0.25) is 5.02 Å². The number of rotatable bonds is 5. The number of ether oxygens (including phenoxy) is 1. The van der Waals surface area contributed by atoms with E-state index in [1.54, 1.807) is 31.2 Å². The minimum atomic E-state index is -0.516. The average Bonchev–Trinajstić information content (AvgIpc) is 2.98. The molecule has 0 radical (unpaired) electrons. The zero-order valence-electron chi connectivity index (χ0n) is 13.9. The molecule has 1 heterocycles. The van der Waals surface area contributed by atoms with Crippen molar-refractivity contribution in [1.82, 2.24) is 5.16 Å². The molecule has 1 amide bonds. The minimum absolute atomic E-state index is 0.0492. The molecule has 0 aliphatic rings. The predicted molar refractivity (Wildman–Crippen MR) is 107 cm³/mol. The summed E-state index contributed by atoms with van der Waals surface area (Å²) in [6.07, 6.45) is 0. The summed E-state index contributed by atoms with van der Waals surface area (Å²) in [5.41, 5.74) is 0.935. The molecule has 140 valence electrons. The Kier molecular flexibility index (Phi) is 6.18. The quantitative estimate of drug-likeness (QED) is 0.441. The van der Waals surface area contributed by atoms with Gasteiger partial charge in [0.15, 0.2) is 5.69 Å². The van der Waals surface area contributed by atoms with Gasteiger partial charge in [0.25, 0.3) is 5.91 Å². The summed E-state index contributed by atoms with van der Waals surface area (Å²) >= 11 is 12.5. The topological polar surface area (TPSA) is 64.4 Å². The summed E-state index contributed by atoms with van der Waals surface area (Å²) in [6, 6.07) is 9.49. The Morgan fingerprint density at radius 2 is 1.96 bits per heavy atom. The van der Waals surface area contributed by atoms with Gasteiger partial charge in [-0.1, -0.05) is 28.9 Å². The molecule has 0 spiro atoms. The van der Waals surface area contributed by atoms with Crippen molar-refractivity contribution in [2.75, 3.05) is 5.32 Å². The number of para-hydroxylation sites is 1. The van der Waals surface area contributed by atoms with Gasteiger partial charge in [-0.3, -0.25) is 4.79 Å². The Labute approximate surface area is 176 Å². The number of halogens is 4. The number of hydrogen-bond acceptors (Lipinski definition) is 4. The summed E-state index contributed by atoms with van der Waals surface area (Å²) in [6.45, 7) is 1.73. The van der Waals surface area contributed by atoms with Crippen molar-refractivity contribution in [3.8, 4) is 5.75 Å². The molecule has 0 aliphatic heterocycles. The lowest BCUT2D eigenvalue weighted by Gasteiger charge is -2.10. The molecular formula is C18H12Br2ClFN2O3. The van der Waals surface area contributed by atoms with E-state index in [0.717, 1.165) is 0 Å². The van der Waals surface area contributed by atoms with Crippen molar-refractivity contribution < 1.29 is 18.4 Å².